The predicted octanol–water partition coefficient (Wildman–Crippen LogP) is 2.16. The van der Waals surface area contributed by atoms with Gasteiger partial charge in [-0.2, -0.15) is 24.9 Å². The molecule has 0 aliphatic rings. The first-order valence-corrected chi connectivity index (χ1v) is 7.34. The molecule has 9 heteroatoms. The second kappa shape index (κ2) is 7.51. The summed E-state index contributed by atoms with van der Waals surface area (Å²) in [7, 11) is 1.50. The molecule has 1 aromatic heterocycles. The Morgan fingerprint density at radius 3 is 2.71 bits per heavy atom. The molecule has 0 spiro atoms. The van der Waals surface area contributed by atoms with Gasteiger partial charge in [-0.1, -0.05) is 6.92 Å². The lowest BCUT2D eigenvalue weighted by Gasteiger charge is -2.15. The van der Waals surface area contributed by atoms with Gasteiger partial charge in [0.05, 0.1) is 17.3 Å². The summed E-state index contributed by atoms with van der Waals surface area (Å²) >= 11 is 1.48. The van der Waals surface area contributed by atoms with Crippen molar-refractivity contribution in [1.29, 1.82) is 0 Å². The maximum absolute atomic E-state index is 12.7. The summed E-state index contributed by atoms with van der Waals surface area (Å²) < 4.78 is 38.0. The van der Waals surface area contributed by atoms with Crippen LogP contribution < -0.4 is 16.4 Å². The molecule has 5 nitrogen and oxygen atoms in total. The van der Waals surface area contributed by atoms with E-state index in [0.717, 1.165) is 11.8 Å². The molecule has 1 heterocycles. The Hall–Kier alpha value is -1.48. The third-order valence-electron chi connectivity index (χ3n) is 2.55. The van der Waals surface area contributed by atoms with E-state index in [2.05, 4.69) is 15.6 Å². The molecule has 21 heavy (non-hydrogen) atoms. The van der Waals surface area contributed by atoms with Gasteiger partial charge in [-0.3, -0.25) is 4.79 Å². The molecular formula is C12H17F3N4OS. The zero-order valence-electron chi connectivity index (χ0n) is 11.6. The van der Waals surface area contributed by atoms with Crippen LogP contribution >= 0.6 is 11.8 Å². The lowest BCUT2D eigenvalue weighted by molar-refractivity contribution is -0.137. The van der Waals surface area contributed by atoms with Crippen LogP contribution in [0.4, 0.5) is 24.7 Å². The fourth-order valence-electron chi connectivity index (χ4n) is 1.46. The van der Waals surface area contributed by atoms with Gasteiger partial charge >= 0.3 is 6.18 Å². The Bertz CT molecular complexity index is 496. The minimum atomic E-state index is -4.53. The Kier molecular flexibility index (Phi) is 6.28. The van der Waals surface area contributed by atoms with Crippen LogP contribution in [0.25, 0.3) is 0 Å². The van der Waals surface area contributed by atoms with Gasteiger partial charge in [0, 0.05) is 19.0 Å². The Balaban J connectivity index is 2.92. The van der Waals surface area contributed by atoms with Crippen LogP contribution in [0, 0.1) is 0 Å². The van der Waals surface area contributed by atoms with Crippen LogP contribution in [0.15, 0.2) is 12.3 Å². The summed E-state index contributed by atoms with van der Waals surface area (Å²) in [5.74, 6) is 0.789. The summed E-state index contributed by atoms with van der Waals surface area (Å²) in [6.07, 6.45) is -3.83. The van der Waals surface area contributed by atoms with E-state index in [9.17, 15) is 18.0 Å². The standard InChI is InChI=1S/C12H17F3N4OS/c1-3-21-6-8(16)11(20)19-9-4-7(12(13,14)15)5-18-10(9)17-2/h4-5,8H,3,6,16H2,1-2H3,(H,17,18)(H,19,20)/t8-/m0/s1. The van der Waals surface area contributed by atoms with Crippen LogP contribution in [-0.2, 0) is 11.0 Å². The molecule has 0 saturated heterocycles. The second-order valence-corrected chi connectivity index (χ2v) is 5.44. The Morgan fingerprint density at radius 2 is 2.19 bits per heavy atom. The zero-order chi connectivity index (χ0) is 16.0. The maximum Gasteiger partial charge on any atom is 0.417 e. The lowest BCUT2D eigenvalue weighted by Crippen LogP contribution is -2.38. The van der Waals surface area contributed by atoms with E-state index in [1.165, 1.54) is 18.8 Å². The summed E-state index contributed by atoms with van der Waals surface area (Å²) in [5, 5.41) is 5.00. The molecule has 0 saturated carbocycles. The Morgan fingerprint density at radius 1 is 1.52 bits per heavy atom. The molecule has 4 N–H and O–H groups in total. The SMILES string of the molecule is CCSC[C@H](N)C(=O)Nc1cc(C(F)(F)F)cnc1NC. The van der Waals surface area contributed by atoms with Gasteiger partial charge in [0.1, 0.15) is 5.82 Å². The number of alkyl halides is 3. The molecule has 0 unspecified atom stereocenters. The molecule has 1 rings (SSSR count). The van der Waals surface area contributed by atoms with Crippen LogP contribution in [0.2, 0.25) is 0 Å². The number of nitrogens with two attached hydrogens (primary N) is 1. The van der Waals surface area contributed by atoms with Crippen molar-refractivity contribution in [1.82, 2.24) is 4.98 Å². The average molecular weight is 322 g/mol. The molecule has 118 valence electrons. The van der Waals surface area contributed by atoms with Crippen LogP contribution in [0.1, 0.15) is 12.5 Å². The summed E-state index contributed by atoms with van der Waals surface area (Å²) in [6.45, 7) is 1.92. The molecule has 1 aromatic rings. The predicted molar refractivity (Wildman–Crippen MR) is 78.4 cm³/mol. The van der Waals surface area contributed by atoms with E-state index < -0.39 is 23.7 Å². The molecule has 0 fully saturated rings. The first-order chi connectivity index (χ1) is 9.79. The fraction of sp³-hybridized carbons (Fsp3) is 0.500. The Labute approximate surface area is 124 Å². The molecule has 0 aliphatic carbocycles. The van der Waals surface area contributed by atoms with Crippen LogP contribution in [-0.4, -0.2) is 35.5 Å². The number of hydrogen-bond donors (Lipinski definition) is 3. The third kappa shape index (κ3) is 5.09. The normalized spacial score (nSPS) is 12.9. The first-order valence-electron chi connectivity index (χ1n) is 6.18. The number of nitrogens with one attached hydrogen (secondary N) is 2. The van der Waals surface area contributed by atoms with Gasteiger partial charge in [-0.15, -0.1) is 0 Å². The lowest BCUT2D eigenvalue weighted by atomic mass is 10.2. The van der Waals surface area contributed by atoms with Gasteiger partial charge in [0.15, 0.2) is 0 Å². The fourth-order valence-corrected chi connectivity index (χ4v) is 2.10. The van der Waals surface area contributed by atoms with E-state index in [1.54, 1.807) is 0 Å². The van der Waals surface area contributed by atoms with Gasteiger partial charge in [0.2, 0.25) is 5.91 Å². The van der Waals surface area contributed by atoms with Crippen molar-refractivity contribution >= 4 is 29.2 Å². The van der Waals surface area contributed by atoms with E-state index in [-0.39, 0.29) is 11.5 Å². The molecule has 0 aromatic carbocycles. The first kappa shape index (κ1) is 17.6. The zero-order valence-corrected chi connectivity index (χ0v) is 12.4. The van der Waals surface area contributed by atoms with Crippen molar-refractivity contribution in [2.45, 2.75) is 19.1 Å². The van der Waals surface area contributed by atoms with E-state index in [4.69, 9.17) is 5.73 Å². The number of anilines is 2. The average Bonchev–Trinajstić information content (AvgIpc) is 2.43. The third-order valence-corrected chi connectivity index (χ3v) is 3.55. The topological polar surface area (TPSA) is 80.0 Å². The molecule has 0 aliphatic heterocycles. The molecule has 0 bridgehead atoms. The number of hydrogen-bond acceptors (Lipinski definition) is 5. The number of carbonyl (C=O) groups is 1. The minimum absolute atomic E-state index is 0.0470. The van der Waals surface area contributed by atoms with Crippen molar-refractivity contribution in [3.8, 4) is 0 Å². The van der Waals surface area contributed by atoms with E-state index in [1.807, 2.05) is 6.92 Å². The molecule has 0 radical (unpaired) electrons. The molecule has 1 amide bonds. The number of aromatic nitrogens is 1. The van der Waals surface area contributed by atoms with Gasteiger partial charge < -0.3 is 16.4 Å². The van der Waals surface area contributed by atoms with Gasteiger partial charge in [-0.25, -0.2) is 4.98 Å². The number of thioether (sulfide) groups is 1. The largest absolute Gasteiger partial charge is 0.417 e. The summed E-state index contributed by atoms with van der Waals surface area (Å²) in [6, 6.07) is 0.0327. The number of rotatable bonds is 6. The number of halogens is 3. The quantitative estimate of drug-likeness (QED) is 0.748. The highest BCUT2D eigenvalue weighted by Crippen LogP contribution is 2.32. The molecule has 1 atom stereocenters. The highest BCUT2D eigenvalue weighted by molar-refractivity contribution is 7.99. The van der Waals surface area contributed by atoms with E-state index in [0.29, 0.717) is 11.9 Å². The van der Waals surface area contributed by atoms with Crippen molar-refractivity contribution < 1.29 is 18.0 Å². The monoisotopic (exact) mass is 322 g/mol. The number of pyridine rings is 1. The number of nitrogens with zero attached hydrogens (tertiary/aromatic N) is 1. The van der Waals surface area contributed by atoms with E-state index >= 15 is 0 Å². The minimum Gasteiger partial charge on any atom is -0.371 e. The summed E-state index contributed by atoms with van der Waals surface area (Å²) in [5.41, 5.74) is 4.69. The highest BCUT2D eigenvalue weighted by atomic mass is 32.2. The summed E-state index contributed by atoms with van der Waals surface area (Å²) in [4.78, 5) is 15.5. The van der Waals surface area contributed by atoms with Gasteiger partial charge in [0.25, 0.3) is 0 Å². The van der Waals surface area contributed by atoms with Crippen LogP contribution in [0.5, 0.6) is 0 Å². The van der Waals surface area contributed by atoms with Crippen LogP contribution in [0.3, 0.4) is 0 Å². The maximum atomic E-state index is 12.7. The number of amides is 1. The highest BCUT2D eigenvalue weighted by Gasteiger charge is 2.32. The van der Waals surface area contributed by atoms with Crippen molar-refractivity contribution in [3.63, 3.8) is 0 Å². The second-order valence-electron chi connectivity index (χ2n) is 4.12. The smallest absolute Gasteiger partial charge is 0.371 e. The van der Waals surface area contributed by atoms with Crippen molar-refractivity contribution in [3.05, 3.63) is 17.8 Å². The molecular weight excluding hydrogens is 305 g/mol. The number of carbonyl (C=O) groups excluding carboxylic acids is 1. The van der Waals surface area contributed by atoms with Crippen molar-refractivity contribution in [2.24, 2.45) is 5.73 Å². The van der Waals surface area contributed by atoms with Gasteiger partial charge in [-0.05, 0) is 11.8 Å². The van der Waals surface area contributed by atoms with Crippen molar-refractivity contribution in [2.75, 3.05) is 29.2 Å².